The number of thiophene rings is 1. The molecule has 1 amide bonds. The molecule has 0 aliphatic carbocycles. The number of anilines is 1. The summed E-state index contributed by atoms with van der Waals surface area (Å²) in [7, 11) is -3.64. The van der Waals surface area contributed by atoms with Crippen molar-refractivity contribution in [2.75, 3.05) is 18.4 Å². The number of thiazole rings is 1. The molecule has 1 aliphatic rings. The molecule has 10 heteroatoms. The fourth-order valence-electron chi connectivity index (χ4n) is 3.42. The Bertz CT molecular complexity index is 1210. The monoisotopic (exact) mass is 481 g/mol. The van der Waals surface area contributed by atoms with Gasteiger partial charge in [0.05, 0.1) is 21.2 Å². The minimum absolute atomic E-state index is 0.0724. The normalized spacial score (nSPS) is 14.9. The van der Waals surface area contributed by atoms with E-state index >= 15 is 0 Å². The molecule has 3 heterocycles. The first-order valence-corrected chi connectivity index (χ1v) is 12.9. The van der Waals surface area contributed by atoms with Crippen molar-refractivity contribution in [1.29, 1.82) is 0 Å². The highest BCUT2D eigenvalue weighted by Gasteiger charge is 2.28. The quantitative estimate of drug-likeness (QED) is 0.544. The average Bonchev–Trinajstić information content (AvgIpc) is 3.43. The van der Waals surface area contributed by atoms with E-state index in [0.29, 0.717) is 18.2 Å². The lowest BCUT2D eigenvalue weighted by Crippen LogP contribution is -2.28. The lowest BCUT2D eigenvalue weighted by Gasteiger charge is -2.16. The molecule has 2 aromatic heterocycles. The van der Waals surface area contributed by atoms with E-state index in [4.69, 9.17) is 11.6 Å². The number of amides is 1. The third-order valence-corrected chi connectivity index (χ3v) is 8.87. The van der Waals surface area contributed by atoms with Gasteiger partial charge in [-0.2, -0.15) is 4.31 Å². The van der Waals surface area contributed by atoms with Gasteiger partial charge in [0, 0.05) is 33.8 Å². The lowest BCUT2D eigenvalue weighted by molar-refractivity contribution is 0.102. The number of hydrogen-bond acceptors (Lipinski definition) is 6. The van der Waals surface area contributed by atoms with Gasteiger partial charge < -0.3 is 0 Å². The zero-order valence-corrected chi connectivity index (χ0v) is 19.6. The topological polar surface area (TPSA) is 79.4 Å². The van der Waals surface area contributed by atoms with Crippen LogP contribution >= 0.6 is 34.3 Å². The molecule has 3 aromatic rings. The number of nitrogens with one attached hydrogen (secondary N) is 1. The number of sulfonamides is 1. The van der Waals surface area contributed by atoms with Crippen LogP contribution in [0, 0.1) is 13.8 Å². The Kier molecular flexibility index (Phi) is 6.00. The number of aryl methyl sites for hydroxylation is 2. The van der Waals surface area contributed by atoms with E-state index < -0.39 is 15.9 Å². The molecule has 6 nitrogen and oxygen atoms in total. The van der Waals surface area contributed by atoms with Gasteiger partial charge in [-0.25, -0.2) is 13.4 Å². The molecule has 0 spiro atoms. The van der Waals surface area contributed by atoms with Crippen LogP contribution in [0.1, 0.15) is 33.0 Å². The minimum atomic E-state index is -3.64. The van der Waals surface area contributed by atoms with E-state index in [1.165, 1.54) is 43.6 Å². The lowest BCUT2D eigenvalue weighted by atomic mass is 10.2. The van der Waals surface area contributed by atoms with Gasteiger partial charge in [0.25, 0.3) is 5.91 Å². The van der Waals surface area contributed by atoms with Crippen molar-refractivity contribution in [2.24, 2.45) is 0 Å². The summed E-state index contributed by atoms with van der Waals surface area (Å²) in [6.45, 7) is 5.07. The molecule has 0 atom stereocenters. The first kappa shape index (κ1) is 21.5. The number of nitrogens with zero attached hydrogens (tertiary/aromatic N) is 2. The number of aromatic nitrogens is 1. The van der Waals surface area contributed by atoms with Crippen LogP contribution in [-0.4, -0.2) is 36.7 Å². The molecule has 0 radical (unpaired) electrons. The second-order valence-corrected chi connectivity index (χ2v) is 11.7. The van der Waals surface area contributed by atoms with Gasteiger partial charge in [-0.15, -0.1) is 22.7 Å². The molecule has 0 saturated carbocycles. The van der Waals surface area contributed by atoms with Crippen molar-refractivity contribution in [3.05, 3.63) is 50.0 Å². The Balaban J connectivity index is 1.57. The zero-order valence-electron chi connectivity index (χ0n) is 16.4. The van der Waals surface area contributed by atoms with Crippen molar-refractivity contribution in [3.63, 3.8) is 0 Å². The number of halogens is 1. The van der Waals surface area contributed by atoms with E-state index in [9.17, 15) is 13.2 Å². The van der Waals surface area contributed by atoms with Gasteiger partial charge in [-0.3, -0.25) is 10.1 Å². The first-order valence-electron chi connectivity index (χ1n) is 9.39. The Labute approximate surface area is 188 Å². The molecule has 1 fully saturated rings. The standard InChI is InChI=1S/C20H20ClN3O3S3/c1-12-9-15(13(2)29-12)18-11-28-20(22-18)23-19(25)16-10-14(5-6-17(16)21)30(26,27)24-7-3-4-8-24/h5-6,9-11H,3-4,7-8H2,1-2H3,(H,22,23,25). The summed E-state index contributed by atoms with van der Waals surface area (Å²) in [6.07, 6.45) is 1.69. The second-order valence-electron chi connectivity index (χ2n) is 7.07. The highest BCUT2D eigenvalue weighted by atomic mass is 35.5. The predicted octanol–water partition coefficient (Wildman–Crippen LogP) is 5.18. The van der Waals surface area contributed by atoms with Crippen molar-refractivity contribution < 1.29 is 13.2 Å². The molecule has 1 aliphatic heterocycles. The molecular formula is C20H20ClN3O3S3. The van der Waals surface area contributed by atoms with Crippen molar-refractivity contribution >= 4 is 55.3 Å². The number of carbonyl (C=O) groups excluding carboxylic acids is 1. The number of rotatable bonds is 5. The molecule has 30 heavy (non-hydrogen) atoms. The summed E-state index contributed by atoms with van der Waals surface area (Å²) in [5.41, 5.74) is 1.95. The molecule has 0 unspecified atom stereocenters. The third-order valence-electron chi connectivity index (χ3n) is 4.93. The highest BCUT2D eigenvalue weighted by molar-refractivity contribution is 7.89. The van der Waals surface area contributed by atoms with Crippen LogP contribution in [-0.2, 0) is 10.0 Å². The summed E-state index contributed by atoms with van der Waals surface area (Å²) in [5, 5.41) is 5.25. The highest BCUT2D eigenvalue weighted by Crippen LogP contribution is 2.33. The van der Waals surface area contributed by atoms with Crippen molar-refractivity contribution in [1.82, 2.24) is 9.29 Å². The Morgan fingerprint density at radius 1 is 1.20 bits per heavy atom. The van der Waals surface area contributed by atoms with Gasteiger partial charge in [-0.05, 0) is 51.0 Å². The summed E-state index contributed by atoms with van der Waals surface area (Å²) >= 11 is 9.22. The van der Waals surface area contributed by atoms with E-state index in [1.807, 2.05) is 19.2 Å². The summed E-state index contributed by atoms with van der Waals surface area (Å²) in [4.78, 5) is 19.8. The molecule has 0 bridgehead atoms. The molecular weight excluding hydrogens is 462 g/mol. The van der Waals surface area contributed by atoms with E-state index in [-0.39, 0.29) is 15.5 Å². The maximum atomic E-state index is 12.8. The Morgan fingerprint density at radius 2 is 1.93 bits per heavy atom. The van der Waals surface area contributed by atoms with Crippen LogP contribution in [0.2, 0.25) is 5.02 Å². The minimum Gasteiger partial charge on any atom is -0.298 e. The second kappa shape index (κ2) is 8.39. The van der Waals surface area contributed by atoms with Crippen molar-refractivity contribution in [3.8, 4) is 11.3 Å². The van der Waals surface area contributed by atoms with Gasteiger partial charge in [0.2, 0.25) is 10.0 Å². The third kappa shape index (κ3) is 4.17. The molecule has 1 saturated heterocycles. The Morgan fingerprint density at radius 3 is 2.60 bits per heavy atom. The van der Waals surface area contributed by atoms with Gasteiger partial charge in [-0.1, -0.05) is 11.6 Å². The van der Waals surface area contributed by atoms with Crippen LogP contribution in [0.15, 0.2) is 34.5 Å². The average molecular weight is 482 g/mol. The molecule has 4 rings (SSSR count). The summed E-state index contributed by atoms with van der Waals surface area (Å²) < 4.78 is 27.1. The molecule has 1 N–H and O–H groups in total. The van der Waals surface area contributed by atoms with Gasteiger partial charge in [0.1, 0.15) is 0 Å². The fraction of sp³-hybridized carbons (Fsp3) is 0.300. The van der Waals surface area contributed by atoms with Gasteiger partial charge in [0.15, 0.2) is 5.13 Å². The van der Waals surface area contributed by atoms with Crippen LogP contribution in [0.4, 0.5) is 5.13 Å². The first-order chi connectivity index (χ1) is 14.3. The molecule has 1 aromatic carbocycles. The van der Waals surface area contributed by atoms with Crippen LogP contribution in [0.3, 0.4) is 0 Å². The van der Waals surface area contributed by atoms with E-state index in [1.54, 1.807) is 11.3 Å². The Hall–Kier alpha value is -1.78. The van der Waals surface area contributed by atoms with Gasteiger partial charge >= 0.3 is 0 Å². The van der Waals surface area contributed by atoms with Crippen molar-refractivity contribution in [2.45, 2.75) is 31.6 Å². The van der Waals surface area contributed by atoms with E-state index in [0.717, 1.165) is 24.1 Å². The number of hydrogen-bond donors (Lipinski definition) is 1. The number of benzene rings is 1. The van der Waals surface area contributed by atoms with E-state index in [2.05, 4.69) is 16.4 Å². The maximum Gasteiger partial charge on any atom is 0.259 e. The smallest absolute Gasteiger partial charge is 0.259 e. The molecule has 158 valence electrons. The largest absolute Gasteiger partial charge is 0.298 e. The van der Waals surface area contributed by atoms with Crippen LogP contribution in [0.25, 0.3) is 11.3 Å². The summed E-state index contributed by atoms with van der Waals surface area (Å²) in [6, 6.07) is 6.30. The van der Waals surface area contributed by atoms with Crippen LogP contribution in [0.5, 0.6) is 0 Å². The summed E-state index contributed by atoms with van der Waals surface area (Å²) in [5.74, 6) is -0.488. The van der Waals surface area contributed by atoms with Crippen LogP contribution < -0.4 is 5.32 Å². The zero-order chi connectivity index (χ0) is 21.5. The number of carbonyl (C=O) groups is 1. The maximum absolute atomic E-state index is 12.8. The SMILES string of the molecule is Cc1cc(-c2csc(NC(=O)c3cc(S(=O)(=O)N4CCCC4)ccc3Cl)n2)c(C)s1. The fourth-order valence-corrected chi connectivity index (χ4v) is 6.81. The predicted molar refractivity (Wildman–Crippen MR) is 122 cm³/mol.